The highest BCUT2D eigenvalue weighted by Crippen LogP contribution is 2.30. The van der Waals surface area contributed by atoms with E-state index in [4.69, 9.17) is 4.42 Å². The molecule has 186 valence electrons. The van der Waals surface area contributed by atoms with Gasteiger partial charge in [0.2, 0.25) is 0 Å². The Hall–Kier alpha value is -4.45. The van der Waals surface area contributed by atoms with Gasteiger partial charge in [-0.25, -0.2) is 5.43 Å². The minimum atomic E-state index is -0.293. The van der Waals surface area contributed by atoms with Crippen molar-refractivity contribution in [3.63, 3.8) is 0 Å². The first-order valence-electron chi connectivity index (χ1n) is 12.6. The molecule has 5 rings (SSSR count). The number of hydrazone groups is 1. The van der Waals surface area contributed by atoms with Crippen molar-refractivity contribution in [2.75, 3.05) is 5.32 Å². The number of nitrogens with one attached hydrogen (secondary N) is 2. The molecule has 0 saturated carbocycles. The molecular weight excluding hydrogens is 462 g/mol. The van der Waals surface area contributed by atoms with Gasteiger partial charge in [-0.3, -0.25) is 9.59 Å². The number of hydrogen-bond donors (Lipinski definition) is 2. The number of aryl methyl sites for hydroxylation is 2. The lowest BCUT2D eigenvalue weighted by molar-refractivity contribution is 0.0953. The third kappa shape index (κ3) is 5.23. The minimum Gasteiger partial charge on any atom is -0.455 e. The highest BCUT2D eigenvalue weighted by molar-refractivity contribution is 6.09. The average molecular weight is 492 g/mol. The Labute approximate surface area is 216 Å². The predicted octanol–water partition coefficient (Wildman–Crippen LogP) is 6.54. The molecule has 0 atom stereocenters. The molecule has 1 heterocycles. The van der Waals surface area contributed by atoms with E-state index < -0.39 is 0 Å². The van der Waals surface area contributed by atoms with Gasteiger partial charge in [-0.05, 0) is 67.1 Å². The molecule has 0 radical (unpaired) electrons. The number of carbonyl (C=O) groups excluding carboxylic acids is 2. The van der Waals surface area contributed by atoms with Gasteiger partial charge in [-0.15, -0.1) is 0 Å². The summed E-state index contributed by atoms with van der Waals surface area (Å²) in [5, 5.41) is 7.36. The maximum atomic E-state index is 13.0. The maximum Gasteiger partial charge on any atom is 0.291 e. The van der Waals surface area contributed by atoms with Crippen LogP contribution in [0.15, 0.2) is 88.4 Å². The minimum absolute atomic E-state index is 0.280. The summed E-state index contributed by atoms with van der Waals surface area (Å²) in [5.41, 5.74) is 9.56. The van der Waals surface area contributed by atoms with Crippen LogP contribution in [0, 0.1) is 6.92 Å². The Balaban J connectivity index is 1.31. The third-order valence-electron chi connectivity index (χ3n) is 6.70. The molecule has 1 aliphatic rings. The second kappa shape index (κ2) is 10.7. The zero-order valence-corrected chi connectivity index (χ0v) is 21.0. The summed E-state index contributed by atoms with van der Waals surface area (Å²) in [6, 6.07) is 25.2. The van der Waals surface area contributed by atoms with Crippen LogP contribution in [-0.2, 0) is 12.8 Å². The van der Waals surface area contributed by atoms with Crippen LogP contribution in [0.3, 0.4) is 0 Å². The molecule has 3 aromatic carbocycles. The number of fused-ring (bicyclic) bond motifs is 1. The fraction of sp³-hybridized carbons (Fsp3) is 0.194. The van der Waals surface area contributed by atoms with E-state index >= 15 is 0 Å². The van der Waals surface area contributed by atoms with Crippen LogP contribution in [-0.4, -0.2) is 17.5 Å². The second-order valence-corrected chi connectivity index (χ2v) is 9.16. The van der Waals surface area contributed by atoms with Gasteiger partial charge in [0.15, 0.2) is 5.76 Å². The lowest BCUT2D eigenvalue weighted by Crippen LogP contribution is -2.22. The summed E-state index contributed by atoms with van der Waals surface area (Å²) < 4.78 is 5.99. The molecule has 4 aromatic rings. The van der Waals surface area contributed by atoms with Crippen LogP contribution in [0.1, 0.15) is 63.1 Å². The Bertz CT molecular complexity index is 1450. The van der Waals surface area contributed by atoms with Crippen molar-refractivity contribution in [1.29, 1.82) is 0 Å². The summed E-state index contributed by atoms with van der Waals surface area (Å²) in [6.45, 7) is 3.95. The zero-order chi connectivity index (χ0) is 25.8. The quantitative estimate of drug-likeness (QED) is 0.300. The first-order valence-corrected chi connectivity index (χ1v) is 12.6. The Kier molecular flexibility index (Phi) is 6.99. The smallest absolute Gasteiger partial charge is 0.291 e. The molecule has 0 spiro atoms. The number of amides is 2. The SMILES string of the molecule is CCc1ccc(NC(=O)c2oc3c(c2C)/C(=N/NC(=O)c2ccc(-c4ccccc4)cc2)CCC3)cc1. The van der Waals surface area contributed by atoms with Gasteiger partial charge in [0.25, 0.3) is 11.8 Å². The van der Waals surface area contributed by atoms with Gasteiger partial charge < -0.3 is 9.73 Å². The lowest BCUT2D eigenvalue weighted by Gasteiger charge is -2.13. The highest BCUT2D eigenvalue weighted by Gasteiger charge is 2.28. The first kappa shape index (κ1) is 24.3. The van der Waals surface area contributed by atoms with Crippen LogP contribution < -0.4 is 10.7 Å². The van der Waals surface area contributed by atoms with E-state index in [1.165, 1.54) is 5.56 Å². The van der Waals surface area contributed by atoms with Crippen LogP contribution >= 0.6 is 0 Å². The largest absolute Gasteiger partial charge is 0.455 e. The Morgan fingerprint density at radius 3 is 2.27 bits per heavy atom. The van der Waals surface area contributed by atoms with Crippen LogP contribution in [0.5, 0.6) is 0 Å². The van der Waals surface area contributed by atoms with E-state index in [1.807, 2.05) is 73.7 Å². The number of benzene rings is 3. The monoisotopic (exact) mass is 491 g/mol. The van der Waals surface area contributed by atoms with Crippen molar-refractivity contribution in [1.82, 2.24) is 5.43 Å². The van der Waals surface area contributed by atoms with E-state index in [-0.39, 0.29) is 17.6 Å². The first-order chi connectivity index (χ1) is 18.0. The van der Waals surface area contributed by atoms with Crippen molar-refractivity contribution in [2.45, 2.75) is 39.5 Å². The number of anilines is 1. The lowest BCUT2D eigenvalue weighted by atomic mass is 9.93. The van der Waals surface area contributed by atoms with Crippen LogP contribution in [0.4, 0.5) is 5.69 Å². The Morgan fingerprint density at radius 1 is 0.865 bits per heavy atom. The van der Waals surface area contributed by atoms with Gasteiger partial charge in [-0.2, -0.15) is 5.10 Å². The molecule has 1 aliphatic carbocycles. The van der Waals surface area contributed by atoms with E-state index in [0.717, 1.165) is 58.7 Å². The van der Waals surface area contributed by atoms with Gasteiger partial charge in [0.05, 0.1) is 5.71 Å². The van der Waals surface area contributed by atoms with Crippen molar-refractivity contribution >= 4 is 23.2 Å². The zero-order valence-electron chi connectivity index (χ0n) is 21.0. The summed E-state index contributed by atoms with van der Waals surface area (Å²) >= 11 is 0. The molecule has 1 aromatic heterocycles. The highest BCUT2D eigenvalue weighted by atomic mass is 16.4. The fourth-order valence-corrected chi connectivity index (χ4v) is 4.64. The molecule has 0 saturated heterocycles. The molecule has 6 heteroatoms. The molecule has 0 aliphatic heterocycles. The Morgan fingerprint density at radius 2 is 1.57 bits per heavy atom. The van der Waals surface area contributed by atoms with Crippen molar-refractivity contribution < 1.29 is 14.0 Å². The summed E-state index contributed by atoms with van der Waals surface area (Å²) in [6.07, 6.45) is 3.19. The number of hydrogen-bond acceptors (Lipinski definition) is 4. The second-order valence-electron chi connectivity index (χ2n) is 9.16. The van der Waals surface area contributed by atoms with Gasteiger partial charge in [-0.1, -0.05) is 61.5 Å². The molecule has 6 nitrogen and oxygen atoms in total. The molecule has 2 N–H and O–H groups in total. The summed E-state index contributed by atoms with van der Waals surface area (Å²) in [4.78, 5) is 25.8. The molecule has 0 bridgehead atoms. The predicted molar refractivity (Wildman–Crippen MR) is 146 cm³/mol. The molecule has 37 heavy (non-hydrogen) atoms. The van der Waals surface area contributed by atoms with Crippen LogP contribution in [0.2, 0.25) is 0 Å². The maximum absolute atomic E-state index is 13.0. The topological polar surface area (TPSA) is 83.7 Å². The van der Waals surface area contributed by atoms with Crippen molar-refractivity contribution in [3.8, 4) is 11.1 Å². The molecular formula is C31H29N3O3. The number of rotatable bonds is 6. The van der Waals surface area contributed by atoms with Crippen molar-refractivity contribution in [3.05, 3.63) is 113 Å². The number of furan rings is 1. The standard InChI is InChI=1S/C31H29N3O3/c1-3-21-12-18-25(19-13-21)32-31(36)29-20(2)28-26(10-7-11-27(28)37-29)33-34-30(35)24-16-14-23(15-17-24)22-8-5-4-6-9-22/h4-6,8-9,12-19H,3,7,10-11H2,1-2H3,(H,32,36)(H,34,35)/b33-26+. The molecule has 0 fully saturated rings. The van der Waals surface area contributed by atoms with E-state index in [2.05, 4.69) is 22.8 Å². The normalized spacial score (nSPS) is 13.7. The molecule has 2 amide bonds. The van der Waals surface area contributed by atoms with Gasteiger partial charge in [0, 0.05) is 28.8 Å². The van der Waals surface area contributed by atoms with Crippen LogP contribution in [0.25, 0.3) is 11.1 Å². The van der Waals surface area contributed by atoms with Gasteiger partial charge in [0.1, 0.15) is 5.76 Å². The fourth-order valence-electron chi connectivity index (χ4n) is 4.64. The van der Waals surface area contributed by atoms with E-state index in [0.29, 0.717) is 12.0 Å². The summed E-state index contributed by atoms with van der Waals surface area (Å²) in [7, 11) is 0. The van der Waals surface area contributed by atoms with Gasteiger partial charge >= 0.3 is 0 Å². The van der Waals surface area contributed by atoms with E-state index in [1.54, 1.807) is 12.1 Å². The van der Waals surface area contributed by atoms with Crippen molar-refractivity contribution in [2.24, 2.45) is 5.10 Å². The summed E-state index contributed by atoms with van der Waals surface area (Å²) in [5.74, 6) is 0.435. The number of carbonyl (C=O) groups is 2. The third-order valence-corrected chi connectivity index (χ3v) is 6.70. The van der Waals surface area contributed by atoms with E-state index in [9.17, 15) is 9.59 Å². The molecule has 0 unspecified atom stereocenters. The number of nitrogens with zero attached hydrogens (tertiary/aromatic N) is 1. The average Bonchev–Trinajstić information content (AvgIpc) is 3.29.